The summed E-state index contributed by atoms with van der Waals surface area (Å²) in [5.41, 5.74) is 6.40. The SMILES string of the molecule is NC(=O)[C@@H]1C[C@@H](F)CN1CC(=O)N(Cc1ccccc1)C1CC1. The second kappa shape index (κ2) is 6.66. The van der Waals surface area contributed by atoms with Crippen LogP contribution in [-0.4, -0.2) is 53.0 Å². The molecule has 1 aliphatic carbocycles. The summed E-state index contributed by atoms with van der Waals surface area (Å²) >= 11 is 0. The highest BCUT2D eigenvalue weighted by Crippen LogP contribution is 2.29. The van der Waals surface area contributed by atoms with Crippen LogP contribution in [0.5, 0.6) is 0 Å². The molecule has 2 aliphatic rings. The quantitative estimate of drug-likeness (QED) is 0.853. The Morgan fingerprint density at radius 2 is 1.96 bits per heavy atom. The van der Waals surface area contributed by atoms with Crippen LogP contribution in [0.2, 0.25) is 0 Å². The molecule has 0 unspecified atom stereocenters. The fraction of sp³-hybridized carbons (Fsp3) is 0.529. The summed E-state index contributed by atoms with van der Waals surface area (Å²) in [4.78, 5) is 27.5. The average molecular weight is 319 g/mol. The topological polar surface area (TPSA) is 66.6 Å². The van der Waals surface area contributed by atoms with Gasteiger partial charge in [0.05, 0.1) is 12.6 Å². The van der Waals surface area contributed by atoms with Gasteiger partial charge < -0.3 is 10.6 Å². The normalized spacial score (nSPS) is 24.6. The molecular formula is C17H22FN3O2. The Balaban J connectivity index is 1.66. The highest BCUT2D eigenvalue weighted by molar-refractivity contribution is 5.83. The molecule has 2 atom stereocenters. The van der Waals surface area contributed by atoms with Gasteiger partial charge in [-0.05, 0) is 18.4 Å². The zero-order valence-electron chi connectivity index (χ0n) is 13.0. The fourth-order valence-corrected chi connectivity index (χ4v) is 3.17. The predicted molar refractivity (Wildman–Crippen MR) is 84.1 cm³/mol. The number of nitrogens with zero attached hydrogens (tertiary/aromatic N) is 2. The Morgan fingerprint density at radius 3 is 2.57 bits per heavy atom. The number of benzene rings is 1. The number of carbonyl (C=O) groups excluding carboxylic acids is 2. The predicted octanol–water partition coefficient (Wildman–Crippen LogP) is 1.08. The van der Waals surface area contributed by atoms with Crippen LogP contribution < -0.4 is 5.73 Å². The first-order valence-corrected chi connectivity index (χ1v) is 8.05. The first-order chi connectivity index (χ1) is 11.0. The molecule has 124 valence electrons. The number of primary amides is 1. The molecule has 2 N–H and O–H groups in total. The van der Waals surface area contributed by atoms with Crippen LogP contribution in [0.3, 0.4) is 0 Å². The number of hydrogen-bond donors (Lipinski definition) is 1. The third-order valence-corrected chi connectivity index (χ3v) is 4.52. The molecule has 0 bridgehead atoms. The second-order valence-corrected chi connectivity index (χ2v) is 6.42. The molecule has 1 saturated carbocycles. The molecule has 5 nitrogen and oxygen atoms in total. The van der Waals surface area contributed by atoms with Gasteiger partial charge in [0.2, 0.25) is 11.8 Å². The Morgan fingerprint density at radius 1 is 1.26 bits per heavy atom. The van der Waals surface area contributed by atoms with Crippen molar-refractivity contribution in [2.45, 2.75) is 44.1 Å². The molecule has 2 amide bonds. The molecular weight excluding hydrogens is 297 g/mol. The number of amides is 2. The molecule has 2 fully saturated rings. The van der Waals surface area contributed by atoms with Crippen molar-refractivity contribution in [3.63, 3.8) is 0 Å². The lowest BCUT2D eigenvalue weighted by Gasteiger charge is -2.27. The van der Waals surface area contributed by atoms with Gasteiger partial charge in [0.25, 0.3) is 0 Å². The van der Waals surface area contributed by atoms with Gasteiger partial charge in [-0.1, -0.05) is 30.3 Å². The minimum atomic E-state index is -1.09. The Hall–Kier alpha value is -1.95. The Kier molecular flexibility index (Phi) is 4.61. The molecule has 23 heavy (non-hydrogen) atoms. The number of rotatable bonds is 6. The van der Waals surface area contributed by atoms with Gasteiger partial charge in [0.1, 0.15) is 6.17 Å². The first kappa shape index (κ1) is 15.9. The van der Waals surface area contributed by atoms with Crippen LogP contribution in [0.25, 0.3) is 0 Å². The summed E-state index contributed by atoms with van der Waals surface area (Å²) in [6.07, 6.45) is 1.00. The number of carbonyl (C=O) groups is 2. The molecule has 1 aromatic carbocycles. The summed E-state index contributed by atoms with van der Waals surface area (Å²) in [7, 11) is 0. The maximum absolute atomic E-state index is 13.6. The van der Waals surface area contributed by atoms with Gasteiger partial charge in [-0.2, -0.15) is 0 Å². The van der Waals surface area contributed by atoms with Crippen LogP contribution in [-0.2, 0) is 16.1 Å². The van der Waals surface area contributed by atoms with Gasteiger partial charge in [0.15, 0.2) is 0 Å². The maximum Gasteiger partial charge on any atom is 0.237 e. The van der Waals surface area contributed by atoms with E-state index in [2.05, 4.69) is 0 Å². The van der Waals surface area contributed by atoms with E-state index in [1.165, 1.54) is 0 Å². The molecule has 1 aromatic rings. The van der Waals surface area contributed by atoms with Gasteiger partial charge in [-0.3, -0.25) is 14.5 Å². The zero-order chi connectivity index (χ0) is 16.4. The van der Waals surface area contributed by atoms with Gasteiger partial charge >= 0.3 is 0 Å². The van der Waals surface area contributed by atoms with E-state index in [9.17, 15) is 14.0 Å². The van der Waals surface area contributed by atoms with E-state index in [1.54, 1.807) is 4.90 Å². The fourth-order valence-electron chi connectivity index (χ4n) is 3.17. The van der Waals surface area contributed by atoms with Crippen molar-refractivity contribution < 1.29 is 14.0 Å². The molecule has 0 radical (unpaired) electrons. The van der Waals surface area contributed by atoms with Crippen molar-refractivity contribution in [1.82, 2.24) is 9.80 Å². The van der Waals surface area contributed by atoms with E-state index in [0.717, 1.165) is 18.4 Å². The largest absolute Gasteiger partial charge is 0.368 e. The standard InChI is InChI=1S/C17H22FN3O2/c18-13-8-15(17(19)23)20(10-13)11-16(22)21(14-6-7-14)9-12-4-2-1-3-5-12/h1-5,13-15H,6-11H2,(H2,19,23)/t13-,15+/m1/s1. The molecule has 1 heterocycles. The van der Waals surface area contributed by atoms with Crippen molar-refractivity contribution in [3.8, 4) is 0 Å². The highest BCUT2D eigenvalue weighted by Gasteiger charge is 2.39. The van der Waals surface area contributed by atoms with Crippen molar-refractivity contribution >= 4 is 11.8 Å². The van der Waals surface area contributed by atoms with Crippen LogP contribution in [0, 0.1) is 0 Å². The van der Waals surface area contributed by atoms with Crippen LogP contribution in [0.15, 0.2) is 30.3 Å². The van der Waals surface area contributed by atoms with E-state index in [4.69, 9.17) is 5.73 Å². The van der Waals surface area contributed by atoms with Crippen LogP contribution in [0.1, 0.15) is 24.8 Å². The average Bonchev–Trinajstić information content (AvgIpc) is 3.29. The highest BCUT2D eigenvalue weighted by atomic mass is 19.1. The molecule has 0 spiro atoms. The number of halogens is 1. The van der Waals surface area contributed by atoms with Crippen molar-refractivity contribution in [3.05, 3.63) is 35.9 Å². The minimum absolute atomic E-state index is 0.0529. The summed E-state index contributed by atoms with van der Waals surface area (Å²) in [6, 6.07) is 9.40. The zero-order valence-corrected chi connectivity index (χ0v) is 13.0. The van der Waals surface area contributed by atoms with Gasteiger partial charge in [0, 0.05) is 25.6 Å². The van der Waals surface area contributed by atoms with Gasteiger partial charge in [-0.25, -0.2) is 4.39 Å². The van der Waals surface area contributed by atoms with E-state index in [-0.39, 0.29) is 31.5 Å². The third-order valence-electron chi connectivity index (χ3n) is 4.52. The van der Waals surface area contributed by atoms with Crippen molar-refractivity contribution in [2.24, 2.45) is 5.73 Å². The molecule has 1 aliphatic heterocycles. The van der Waals surface area contributed by atoms with E-state index < -0.39 is 18.1 Å². The van der Waals surface area contributed by atoms with E-state index in [0.29, 0.717) is 6.54 Å². The summed E-state index contributed by atoms with van der Waals surface area (Å²) in [5.74, 6) is -0.615. The number of likely N-dealkylation sites (tertiary alicyclic amines) is 1. The molecule has 6 heteroatoms. The van der Waals surface area contributed by atoms with Gasteiger partial charge in [-0.15, -0.1) is 0 Å². The van der Waals surface area contributed by atoms with Crippen molar-refractivity contribution in [1.29, 1.82) is 0 Å². The van der Waals surface area contributed by atoms with E-state index >= 15 is 0 Å². The lowest BCUT2D eigenvalue weighted by molar-refractivity contribution is -0.134. The Bertz CT molecular complexity index is 576. The molecule has 1 saturated heterocycles. The number of alkyl halides is 1. The minimum Gasteiger partial charge on any atom is -0.368 e. The third kappa shape index (κ3) is 3.88. The molecule has 0 aromatic heterocycles. The lowest BCUT2D eigenvalue weighted by atomic mass is 10.2. The van der Waals surface area contributed by atoms with E-state index in [1.807, 2.05) is 35.2 Å². The lowest BCUT2D eigenvalue weighted by Crippen LogP contribution is -2.46. The second-order valence-electron chi connectivity index (χ2n) is 6.42. The van der Waals surface area contributed by atoms with Crippen molar-refractivity contribution in [2.75, 3.05) is 13.1 Å². The maximum atomic E-state index is 13.6. The number of nitrogens with two attached hydrogens (primary N) is 1. The summed E-state index contributed by atoms with van der Waals surface area (Å²) in [6.45, 7) is 0.707. The summed E-state index contributed by atoms with van der Waals surface area (Å²) in [5, 5.41) is 0. The summed E-state index contributed by atoms with van der Waals surface area (Å²) < 4.78 is 13.6. The van der Waals surface area contributed by atoms with Crippen LogP contribution in [0.4, 0.5) is 4.39 Å². The monoisotopic (exact) mass is 319 g/mol. The first-order valence-electron chi connectivity index (χ1n) is 8.05. The van der Waals surface area contributed by atoms with Crippen LogP contribution >= 0.6 is 0 Å². The smallest absolute Gasteiger partial charge is 0.237 e. The Labute approximate surface area is 135 Å². The number of hydrogen-bond acceptors (Lipinski definition) is 3. The molecule has 3 rings (SSSR count).